The topological polar surface area (TPSA) is 67.0 Å². The molecule has 2 aliphatic heterocycles. The van der Waals surface area contributed by atoms with Crippen LogP contribution in [0.15, 0.2) is 47.6 Å². The second kappa shape index (κ2) is 10.2. The summed E-state index contributed by atoms with van der Waals surface area (Å²) in [6.45, 7) is 5.87. The van der Waals surface area contributed by atoms with Gasteiger partial charge in [0.25, 0.3) is 0 Å². The zero-order chi connectivity index (χ0) is 23.5. The number of thiophene rings is 1. The van der Waals surface area contributed by atoms with Crippen LogP contribution in [0.4, 0.5) is 10.1 Å². The van der Waals surface area contributed by atoms with E-state index < -0.39 is 5.82 Å². The smallest absolute Gasteiger partial charge is 0.167 e. The zero-order valence-corrected chi connectivity index (χ0v) is 20.2. The van der Waals surface area contributed by atoms with Crippen LogP contribution in [0.25, 0.3) is 15.9 Å². The van der Waals surface area contributed by atoms with E-state index in [1.807, 2.05) is 6.07 Å². The monoisotopic (exact) mass is 479 g/mol. The van der Waals surface area contributed by atoms with Gasteiger partial charge in [-0.05, 0) is 57.0 Å². The van der Waals surface area contributed by atoms with E-state index in [1.54, 1.807) is 35.7 Å². The van der Waals surface area contributed by atoms with Gasteiger partial charge in [-0.25, -0.2) is 4.39 Å². The van der Waals surface area contributed by atoms with Crippen LogP contribution in [0.3, 0.4) is 0 Å². The number of benzene rings is 1. The maximum Gasteiger partial charge on any atom is 0.167 e. The average Bonchev–Trinajstić information content (AvgIpc) is 3.28. The van der Waals surface area contributed by atoms with Crippen molar-refractivity contribution in [1.29, 1.82) is 0 Å². The van der Waals surface area contributed by atoms with Gasteiger partial charge < -0.3 is 20.3 Å². The Morgan fingerprint density at radius 1 is 1.15 bits per heavy atom. The van der Waals surface area contributed by atoms with Crippen LogP contribution in [0.2, 0.25) is 0 Å². The minimum atomic E-state index is -0.486. The second-order valence-corrected chi connectivity index (χ2v) is 10.1. The number of hydrogen-bond acceptors (Lipinski definition) is 7. The molecule has 1 fully saturated rings. The number of likely N-dealkylation sites (N-methyl/N-ethyl adjacent to an activating group) is 1. The van der Waals surface area contributed by atoms with E-state index >= 15 is 0 Å². The number of pyridine rings is 1. The van der Waals surface area contributed by atoms with E-state index in [-0.39, 0.29) is 5.75 Å². The average molecular weight is 480 g/mol. The van der Waals surface area contributed by atoms with Gasteiger partial charge in [-0.3, -0.25) is 9.98 Å². The predicted octanol–water partition coefficient (Wildman–Crippen LogP) is 5.27. The van der Waals surface area contributed by atoms with Gasteiger partial charge in [-0.15, -0.1) is 11.3 Å². The Kier molecular flexibility index (Phi) is 6.89. The number of allylic oxidation sites excluding steroid dienone is 1. The molecule has 178 valence electrons. The molecule has 0 radical (unpaired) electrons. The third-order valence-corrected chi connectivity index (χ3v) is 7.65. The molecule has 5 rings (SSSR count). The molecule has 0 bridgehead atoms. The van der Waals surface area contributed by atoms with Gasteiger partial charge in [0.2, 0.25) is 0 Å². The van der Waals surface area contributed by atoms with Crippen LogP contribution in [-0.2, 0) is 0 Å². The minimum Gasteiger partial charge on any atom is -0.453 e. The van der Waals surface area contributed by atoms with E-state index in [0.29, 0.717) is 17.4 Å². The lowest BCUT2D eigenvalue weighted by atomic mass is 9.97. The molecule has 2 N–H and O–H groups in total. The van der Waals surface area contributed by atoms with Gasteiger partial charge >= 0.3 is 0 Å². The number of nitrogens with zero attached hydrogens (tertiary/aromatic N) is 4. The summed E-state index contributed by atoms with van der Waals surface area (Å²) in [4.78, 5) is 15.3. The number of piperazine rings is 1. The molecule has 6 nitrogen and oxygen atoms in total. The van der Waals surface area contributed by atoms with E-state index in [0.717, 1.165) is 27.2 Å². The Morgan fingerprint density at radius 3 is 2.76 bits per heavy atom. The van der Waals surface area contributed by atoms with Crippen molar-refractivity contribution in [2.75, 3.05) is 45.5 Å². The molecular weight excluding hydrogens is 449 g/mol. The van der Waals surface area contributed by atoms with Crippen molar-refractivity contribution in [2.24, 2.45) is 10.9 Å². The van der Waals surface area contributed by atoms with Crippen molar-refractivity contribution in [3.05, 3.63) is 53.3 Å². The largest absolute Gasteiger partial charge is 0.453 e. The van der Waals surface area contributed by atoms with Crippen LogP contribution in [-0.4, -0.2) is 60.8 Å². The van der Waals surface area contributed by atoms with E-state index in [1.165, 1.54) is 51.6 Å². The summed E-state index contributed by atoms with van der Waals surface area (Å²) < 4.78 is 21.0. The molecule has 1 aromatic carbocycles. The SMILES string of the molecule is CN1CCN(CCCC2C=NC(c3cc4nccc(Oc5ccc(N)cc5F)c4s3)=CC2)CC1. The Hall–Kier alpha value is -2.81. The van der Waals surface area contributed by atoms with Crippen molar-refractivity contribution in [3.8, 4) is 11.5 Å². The van der Waals surface area contributed by atoms with Gasteiger partial charge in [-0.1, -0.05) is 6.08 Å². The number of anilines is 1. The fourth-order valence-corrected chi connectivity index (χ4v) is 5.46. The predicted molar refractivity (Wildman–Crippen MR) is 138 cm³/mol. The lowest BCUT2D eigenvalue weighted by Gasteiger charge is -2.32. The third-order valence-electron chi connectivity index (χ3n) is 6.49. The summed E-state index contributed by atoms with van der Waals surface area (Å²) in [5.41, 5.74) is 7.80. The lowest BCUT2D eigenvalue weighted by Crippen LogP contribution is -2.44. The Labute approximate surface area is 203 Å². The number of nitrogen functional groups attached to an aromatic ring is 1. The third kappa shape index (κ3) is 5.29. The van der Waals surface area contributed by atoms with Gasteiger partial charge in [0.15, 0.2) is 11.6 Å². The molecule has 2 aromatic heterocycles. The number of hydrogen-bond donors (Lipinski definition) is 1. The molecule has 0 saturated carbocycles. The Bertz CT molecular complexity index is 1220. The molecule has 0 amide bonds. The second-order valence-electron chi connectivity index (χ2n) is 9.08. The highest BCUT2D eigenvalue weighted by molar-refractivity contribution is 7.20. The fourth-order valence-electron chi connectivity index (χ4n) is 4.41. The summed E-state index contributed by atoms with van der Waals surface area (Å²) in [6.07, 6.45) is 9.39. The van der Waals surface area contributed by atoms with Crippen LogP contribution >= 0.6 is 11.3 Å². The minimum absolute atomic E-state index is 0.144. The summed E-state index contributed by atoms with van der Waals surface area (Å²) in [6, 6.07) is 8.22. The highest BCUT2D eigenvalue weighted by atomic mass is 32.1. The summed E-state index contributed by atoms with van der Waals surface area (Å²) >= 11 is 1.57. The molecular formula is C26H30FN5OS. The molecule has 3 aromatic rings. The summed E-state index contributed by atoms with van der Waals surface area (Å²) in [7, 11) is 2.19. The van der Waals surface area contributed by atoms with Gasteiger partial charge in [0, 0.05) is 56.4 Å². The summed E-state index contributed by atoms with van der Waals surface area (Å²) in [5.74, 6) is 0.731. The first kappa shape index (κ1) is 23.0. The van der Waals surface area contributed by atoms with Crippen LogP contribution in [0, 0.1) is 11.7 Å². The van der Waals surface area contributed by atoms with Gasteiger partial charge in [0.05, 0.1) is 20.8 Å². The van der Waals surface area contributed by atoms with Crippen molar-refractivity contribution >= 4 is 39.2 Å². The number of aliphatic imine (C=N–C) groups is 1. The first-order chi connectivity index (χ1) is 16.5. The van der Waals surface area contributed by atoms with E-state index in [9.17, 15) is 4.39 Å². The highest BCUT2D eigenvalue weighted by Gasteiger charge is 2.18. The quantitative estimate of drug-likeness (QED) is 0.468. The first-order valence-electron chi connectivity index (χ1n) is 11.8. The Balaban J connectivity index is 1.21. The number of aromatic nitrogens is 1. The van der Waals surface area contributed by atoms with Gasteiger partial charge in [0.1, 0.15) is 5.75 Å². The van der Waals surface area contributed by atoms with E-state index in [2.05, 4.69) is 34.1 Å². The molecule has 34 heavy (non-hydrogen) atoms. The number of ether oxygens (including phenoxy) is 1. The molecule has 1 unspecified atom stereocenters. The fraction of sp³-hybridized carbons (Fsp3) is 0.385. The first-order valence-corrected chi connectivity index (χ1v) is 12.6. The molecule has 0 spiro atoms. The summed E-state index contributed by atoms with van der Waals surface area (Å²) in [5, 5.41) is 0. The number of nitrogens with two attached hydrogens (primary N) is 1. The number of fused-ring (bicyclic) bond motifs is 1. The Morgan fingerprint density at radius 2 is 2.00 bits per heavy atom. The standard InChI is InChI=1S/C26H30FN5OS/c1-31-11-13-32(14-12-31)10-2-3-18-4-6-21(30-17-18)25-16-22-26(34-25)24(8-9-29-22)33-23-7-5-19(28)15-20(23)27/h5-9,15-18H,2-4,10-14,28H2,1H3. The van der Waals surface area contributed by atoms with Crippen LogP contribution in [0.5, 0.6) is 11.5 Å². The highest BCUT2D eigenvalue weighted by Crippen LogP contribution is 2.39. The van der Waals surface area contributed by atoms with Gasteiger partial charge in [-0.2, -0.15) is 0 Å². The molecule has 8 heteroatoms. The van der Waals surface area contributed by atoms with Crippen molar-refractivity contribution in [2.45, 2.75) is 19.3 Å². The van der Waals surface area contributed by atoms with Crippen LogP contribution in [0.1, 0.15) is 24.1 Å². The molecule has 0 aliphatic carbocycles. The normalized spacial score (nSPS) is 19.5. The number of halogens is 1. The number of rotatable bonds is 7. The maximum atomic E-state index is 14.2. The molecule has 4 heterocycles. The molecule has 1 saturated heterocycles. The van der Waals surface area contributed by atoms with E-state index in [4.69, 9.17) is 15.5 Å². The van der Waals surface area contributed by atoms with Crippen molar-refractivity contribution < 1.29 is 9.13 Å². The van der Waals surface area contributed by atoms with Crippen LogP contribution < -0.4 is 10.5 Å². The van der Waals surface area contributed by atoms with Crippen molar-refractivity contribution in [1.82, 2.24) is 14.8 Å². The zero-order valence-electron chi connectivity index (χ0n) is 19.4. The molecule has 1 atom stereocenters. The van der Waals surface area contributed by atoms with Crippen molar-refractivity contribution in [3.63, 3.8) is 0 Å². The maximum absolute atomic E-state index is 14.2. The molecule has 2 aliphatic rings. The lowest BCUT2D eigenvalue weighted by molar-refractivity contribution is 0.151.